The fraction of sp³-hybridized carbons (Fsp3) is 0.556. The topological polar surface area (TPSA) is 29.5 Å². The van der Waals surface area contributed by atoms with Crippen LogP contribution in [0.2, 0.25) is 18.1 Å². The molecule has 1 fully saturated rings. The summed E-state index contributed by atoms with van der Waals surface area (Å²) in [5, 5.41) is 10.0. The van der Waals surface area contributed by atoms with Crippen LogP contribution in [0.25, 0.3) is 0 Å². The summed E-state index contributed by atoms with van der Waals surface area (Å²) in [6.07, 6.45) is 3.49. The van der Waals surface area contributed by atoms with Crippen LogP contribution in [0.1, 0.15) is 71.9 Å². The van der Waals surface area contributed by atoms with Gasteiger partial charge in [-0.3, -0.25) is 0 Å². The van der Waals surface area contributed by atoms with Crippen LogP contribution in [-0.2, 0) is 5.41 Å². The average molecular weight is 425 g/mol. The third kappa shape index (κ3) is 4.61. The lowest BCUT2D eigenvalue weighted by molar-refractivity contribution is 0.127. The Hall–Kier alpha value is -1.74. The molecular formula is C27H40O2Si. The highest BCUT2D eigenvalue weighted by Crippen LogP contribution is 2.53. The molecule has 2 aromatic rings. The lowest BCUT2D eigenvalue weighted by atomic mass is 9.55. The molecular weight excluding hydrogens is 384 g/mol. The maximum absolute atomic E-state index is 9.86. The molecule has 164 valence electrons. The summed E-state index contributed by atoms with van der Waals surface area (Å²) in [4.78, 5) is 0. The third-order valence-corrected chi connectivity index (χ3v) is 11.7. The summed E-state index contributed by atoms with van der Waals surface area (Å²) < 4.78 is 6.53. The zero-order valence-corrected chi connectivity index (χ0v) is 21.2. The first kappa shape index (κ1) is 22.9. The highest BCUT2D eigenvalue weighted by Gasteiger charge is 2.45. The SMILES string of the molecule is CC1CC(C)(C)CC(c2ccc(O)cc2)(c2ccc(O[Si](C)(C)C(C)(C)C)cc2)C1. The van der Waals surface area contributed by atoms with Gasteiger partial charge in [0.2, 0.25) is 8.32 Å². The van der Waals surface area contributed by atoms with Gasteiger partial charge in [0.15, 0.2) is 0 Å². The Balaban J connectivity index is 2.02. The van der Waals surface area contributed by atoms with Crippen LogP contribution < -0.4 is 4.43 Å². The van der Waals surface area contributed by atoms with Gasteiger partial charge in [0.25, 0.3) is 0 Å². The maximum atomic E-state index is 9.86. The van der Waals surface area contributed by atoms with Crippen molar-refractivity contribution >= 4 is 8.32 Å². The normalized spacial score (nSPS) is 24.5. The van der Waals surface area contributed by atoms with Crippen LogP contribution in [0.5, 0.6) is 11.5 Å². The number of phenolic OH excluding ortho intramolecular Hbond substituents is 1. The third-order valence-electron chi connectivity index (χ3n) is 7.38. The highest BCUT2D eigenvalue weighted by atomic mass is 28.4. The zero-order chi connectivity index (χ0) is 22.4. The summed E-state index contributed by atoms with van der Waals surface area (Å²) in [5.41, 5.74) is 2.89. The van der Waals surface area contributed by atoms with E-state index in [-0.39, 0.29) is 15.9 Å². The molecule has 0 radical (unpaired) electrons. The van der Waals surface area contributed by atoms with E-state index in [2.05, 4.69) is 91.0 Å². The van der Waals surface area contributed by atoms with Crippen LogP contribution in [0, 0.1) is 11.3 Å². The minimum absolute atomic E-state index is 0.0373. The Morgan fingerprint density at radius 2 is 1.40 bits per heavy atom. The molecule has 0 heterocycles. The Morgan fingerprint density at radius 3 is 1.87 bits per heavy atom. The van der Waals surface area contributed by atoms with E-state index in [0.29, 0.717) is 11.7 Å². The molecule has 1 aliphatic carbocycles. The van der Waals surface area contributed by atoms with Crippen LogP contribution in [0.15, 0.2) is 48.5 Å². The highest BCUT2D eigenvalue weighted by molar-refractivity contribution is 6.74. The number of rotatable bonds is 4. The molecule has 2 aromatic carbocycles. The van der Waals surface area contributed by atoms with Crippen molar-refractivity contribution in [3.63, 3.8) is 0 Å². The minimum atomic E-state index is -1.85. The molecule has 2 nitrogen and oxygen atoms in total. The molecule has 3 heteroatoms. The number of hydrogen-bond acceptors (Lipinski definition) is 2. The molecule has 30 heavy (non-hydrogen) atoms. The van der Waals surface area contributed by atoms with Gasteiger partial charge in [-0.25, -0.2) is 0 Å². The summed E-state index contributed by atoms with van der Waals surface area (Å²) >= 11 is 0. The molecule has 1 saturated carbocycles. The van der Waals surface area contributed by atoms with E-state index in [9.17, 15) is 5.11 Å². The van der Waals surface area contributed by atoms with E-state index in [4.69, 9.17) is 4.43 Å². The van der Waals surface area contributed by atoms with E-state index in [1.807, 2.05) is 12.1 Å². The number of phenols is 1. The van der Waals surface area contributed by atoms with Gasteiger partial charge in [0.1, 0.15) is 11.5 Å². The van der Waals surface area contributed by atoms with Crippen molar-refractivity contribution in [3.8, 4) is 11.5 Å². The smallest absolute Gasteiger partial charge is 0.250 e. The molecule has 0 bridgehead atoms. The van der Waals surface area contributed by atoms with Crippen molar-refractivity contribution in [2.24, 2.45) is 11.3 Å². The summed E-state index contributed by atoms with van der Waals surface area (Å²) in [6.45, 7) is 18.6. The summed E-state index contributed by atoms with van der Waals surface area (Å²) in [6, 6.07) is 16.8. The zero-order valence-electron chi connectivity index (χ0n) is 20.2. The van der Waals surface area contributed by atoms with E-state index >= 15 is 0 Å². The van der Waals surface area contributed by atoms with Crippen LogP contribution in [0.3, 0.4) is 0 Å². The largest absolute Gasteiger partial charge is 0.544 e. The molecule has 0 saturated heterocycles. The van der Waals surface area contributed by atoms with Gasteiger partial charge in [-0.1, -0.05) is 65.8 Å². The van der Waals surface area contributed by atoms with E-state index in [1.54, 1.807) is 0 Å². The fourth-order valence-corrected chi connectivity index (χ4v) is 6.28. The van der Waals surface area contributed by atoms with Crippen molar-refractivity contribution in [3.05, 3.63) is 59.7 Å². The fourth-order valence-electron chi connectivity index (χ4n) is 5.25. The molecule has 3 rings (SSSR count). The van der Waals surface area contributed by atoms with Crippen LogP contribution >= 0.6 is 0 Å². The number of benzene rings is 2. The molecule has 0 spiro atoms. The predicted octanol–water partition coefficient (Wildman–Crippen LogP) is 7.91. The molecule has 0 aliphatic heterocycles. The first-order valence-electron chi connectivity index (χ1n) is 11.3. The number of aromatic hydroxyl groups is 1. The van der Waals surface area contributed by atoms with Crippen molar-refractivity contribution < 1.29 is 9.53 Å². The quantitative estimate of drug-likeness (QED) is 0.505. The average Bonchev–Trinajstić information content (AvgIpc) is 2.59. The Morgan fingerprint density at radius 1 is 0.900 bits per heavy atom. The molecule has 0 aromatic heterocycles. The lowest BCUT2D eigenvalue weighted by Crippen LogP contribution is -2.44. The van der Waals surface area contributed by atoms with Gasteiger partial charge in [0, 0.05) is 5.41 Å². The van der Waals surface area contributed by atoms with Crippen molar-refractivity contribution in [1.82, 2.24) is 0 Å². The van der Waals surface area contributed by atoms with Gasteiger partial charge in [0.05, 0.1) is 0 Å². The lowest BCUT2D eigenvalue weighted by Gasteiger charge is -2.48. The van der Waals surface area contributed by atoms with Gasteiger partial charge in [-0.05, 0) is 84.1 Å². The summed E-state index contributed by atoms with van der Waals surface area (Å²) in [7, 11) is -1.85. The van der Waals surface area contributed by atoms with E-state index < -0.39 is 8.32 Å². The van der Waals surface area contributed by atoms with Gasteiger partial charge >= 0.3 is 0 Å². The Kier molecular flexibility index (Phi) is 5.92. The van der Waals surface area contributed by atoms with Crippen LogP contribution in [-0.4, -0.2) is 13.4 Å². The van der Waals surface area contributed by atoms with Crippen molar-refractivity contribution in [2.75, 3.05) is 0 Å². The molecule has 1 aliphatic rings. The van der Waals surface area contributed by atoms with E-state index in [0.717, 1.165) is 18.6 Å². The standard InChI is InChI=1S/C27H40O2Si/c1-20-17-26(5,6)19-27(18-20,21-9-13-23(28)14-10-21)22-11-15-24(16-12-22)29-30(7,8)25(2,3)4/h9-16,20,28H,17-19H2,1-8H3. The van der Waals surface area contributed by atoms with Crippen molar-refractivity contribution in [2.45, 2.75) is 84.4 Å². The molecule has 2 unspecified atom stereocenters. The first-order chi connectivity index (χ1) is 13.7. The molecule has 1 N–H and O–H groups in total. The van der Waals surface area contributed by atoms with Crippen molar-refractivity contribution in [1.29, 1.82) is 0 Å². The Bertz CT molecular complexity index is 859. The number of hydrogen-bond donors (Lipinski definition) is 1. The van der Waals surface area contributed by atoms with Gasteiger partial charge in [-0.15, -0.1) is 0 Å². The minimum Gasteiger partial charge on any atom is -0.544 e. The Labute approximate surface area is 184 Å². The predicted molar refractivity (Wildman–Crippen MR) is 130 cm³/mol. The second-order valence-electron chi connectivity index (χ2n) is 11.9. The van der Waals surface area contributed by atoms with Gasteiger partial charge in [-0.2, -0.15) is 0 Å². The van der Waals surface area contributed by atoms with Gasteiger partial charge < -0.3 is 9.53 Å². The summed E-state index contributed by atoms with van der Waals surface area (Å²) in [5.74, 6) is 1.95. The van der Waals surface area contributed by atoms with E-state index in [1.165, 1.54) is 17.5 Å². The van der Waals surface area contributed by atoms with Crippen LogP contribution in [0.4, 0.5) is 0 Å². The first-order valence-corrected chi connectivity index (χ1v) is 14.2. The molecule has 2 atom stereocenters. The second-order valence-corrected chi connectivity index (χ2v) is 16.6. The molecule has 0 amide bonds. The second kappa shape index (κ2) is 7.75. The maximum Gasteiger partial charge on any atom is 0.250 e. The monoisotopic (exact) mass is 424 g/mol.